The number of nitro groups is 1. The Morgan fingerprint density at radius 1 is 0.947 bits per heavy atom. The molecule has 0 bridgehead atoms. The second-order valence-electron chi connectivity index (χ2n) is 20.9. The standard InChI is InChI=1S/C55H63N9O10S/c1-35(2)42-6-4-5-7-43(42)46-33-61(32-37-8-10-40(70-3)11-9-37)20-21-63(46)39-27-55(28-39)15-18-62(19-16-55)49-26-47(74-41-24-38-12-17-56-53(38)59-30-41)44(31-57-49)54(65)60-75(68,69)48-25-45(64(66)67)50(52-51(48)72-34-73-52)58-29-36-13-22-71-23-14-36/h4-12,17,24-26,30-31,35-36,39,46,58H,13-16,18-23,27-29,32-34H2,1-3H3,(H,56,59)(H,60,65)/t46-/m0/s1. The Balaban J connectivity index is 0.805. The number of aromatic nitrogens is 3. The zero-order valence-electron chi connectivity index (χ0n) is 42.5. The lowest BCUT2D eigenvalue weighted by molar-refractivity contribution is -0.384. The highest BCUT2D eigenvalue weighted by Gasteiger charge is 2.50. The smallest absolute Gasteiger partial charge is 0.297 e. The Morgan fingerprint density at radius 3 is 2.48 bits per heavy atom. The Labute approximate surface area is 436 Å². The summed E-state index contributed by atoms with van der Waals surface area (Å²) in [6.07, 6.45) is 10.3. The molecule has 394 valence electrons. The van der Waals surface area contributed by atoms with E-state index in [1.54, 1.807) is 25.4 Å². The number of carbonyl (C=O) groups is 1. The SMILES string of the molecule is COc1ccc(CN2CCN(C3CC4(CCN(c5cc(Oc6cnc7[nH]ccc7c6)c(C(=O)NS(=O)(=O)c6cc([N+](=O)[O-])c(NCC7CCOCC7)c7c6OCO7)cn5)CC4)C3)[C@H](c3ccccc3C(C)C)C2)cc1. The number of piperidine rings is 1. The molecule has 1 atom stereocenters. The lowest BCUT2D eigenvalue weighted by Gasteiger charge is -2.58. The molecule has 1 spiro atoms. The quantitative estimate of drug-likeness (QED) is 0.0610. The first-order valence-corrected chi connectivity index (χ1v) is 27.4. The van der Waals surface area contributed by atoms with Crippen LogP contribution in [0.15, 0.2) is 96.3 Å². The predicted octanol–water partition coefficient (Wildman–Crippen LogP) is 8.78. The number of pyridine rings is 2. The fourth-order valence-corrected chi connectivity index (χ4v) is 12.9. The molecular formula is C55H63N9O10S. The molecule has 0 unspecified atom stereocenters. The molecule has 3 aromatic carbocycles. The second kappa shape index (κ2) is 21.0. The first kappa shape index (κ1) is 50.2. The molecule has 1 saturated carbocycles. The van der Waals surface area contributed by atoms with Crippen molar-refractivity contribution in [1.82, 2.24) is 29.5 Å². The number of rotatable bonds is 16. The van der Waals surface area contributed by atoms with Crippen molar-refractivity contribution in [2.24, 2.45) is 11.3 Å². The van der Waals surface area contributed by atoms with Crippen molar-refractivity contribution >= 4 is 44.2 Å². The van der Waals surface area contributed by atoms with Gasteiger partial charge in [-0.15, -0.1) is 0 Å². The van der Waals surface area contributed by atoms with Crippen LogP contribution < -0.4 is 33.9 Å². The monoisotopic (exact) mass is 1040 g/mol. The third-order valence-electron chi connectivity index (χ3n) is 15.9. The van der Waals surface area contributed by atoms with Crippen LogP contribution in [0, 0.1) is 21.4 Å². The number of nitro benzene ring substituents is 1. The number of hydrogen-bond acceptors (Lipinski definition) is 16. The molecule has 4 fully saturated rings. The third kappa shape index (κ3) is 10.4. The molecule has 1 aliphatic carbocycles. The number of anilines is 2. The van der Waals surface area contributed by atoms with E-state index in [0.717, 1.165) is 95.0 Å². The van der Waals surface area contributed by atoms with E-state index in [0.29, 0.717) is 48.9 Å². The molecule has 3 saturated heterocycles. The topological polar surface area (TPSA) is 216 Å². The van der Waals surface area contributed by atoms with E-state index in [-0.39, 0.29) is 52.7 Å². The number of nitrogens with zero attached hydrogens (tertiary/aromatic N) is 6. The van der Waals surface area contributed by atoms with Gasteiger partial charge in [-0.3, -0.25) is 24.7 Å². The summed E-state index contributed by atoms with van der Waals surface area (Å²) in [6, 6.07) is 24.3. The number of hydrogen-bond donors (Lipinski definition) is 3. The van der Waals surface area contributed by atoms with Crippen molar-refractivity contribution in [2.75, 3.05) is 76.6 Å². The zero-order chi connectivity index (χ0) is 51.8. The largest absolute Gasteiger partial charge is 0.497 e. The van der Waals surface area contributed by atoms with Crippen LogP contribution in [0.5, 0.6) is 28.7 Å². The summed E-state index contributed by atoms with van der Waals surface area (Å²) >= 11 is 0. The number of ether oxygens (including phenoxy) is 5. The summed E-state index contributed by atoms with van der Waals surface area (Å²) in [5.41, 5.74) is 4.22. The fourth-order valence-electron chi connectivity index (χ4n) is 11.8. The third-order valence-corrected chi connectivity index (χ3v) is 17.2. The predicted molar refractivity (Wildman–Crippen MR) is 281 cm³/mol. The van der Waals surface area contributed by atoms with Gasteiger partial charge in [-0.1, -0.05) is 50.2 Å². The molecule has 19 nitrogen and oxygen atoms in total. The van der Waals surface area contributed by atoms with Gasteiger partial charge in [0.15, 0.2) is 17.2 Å². The molecular weight excluding hydrogens is 979 g/mol. The number of methoxy groups -OCH3 is 1. The molecule has 7 heterocycles. The Bertz CT molecular complexity index is 3180. The summed E-state index contributed by atoms with van der Waals surface area (Å²) in [5, 5.41) is 16.3. The van der Waals surface area contributed by atoms with Gasteiger partial charge in [0, 0.05) is 101 Å². The van der Waals surface area contributed by atoms with Crippen LogP contribution in [0.2, 0.25) is 0 Å². The minimum atomic E-state index is -4.82. The van der Waals surface area contributed by atoms with Crippen LogP contribution >= 0.6 is 0 Å². The van der Waals surface area contributed by atoms with Crippen LogP contribution in [0.25, 0.3) is 11.0 Å². The molecule has 4 aliphatic heterocycles. The molecule has 11 rings (SSSR count). The lowest BCUT2D eigenvalue weighted by Crippen LogP contribution is -2.60. The van der Waals surface area contributed by atoms with E-state index in [2.05, 4.69) is 85.0 Å². The minimum absolute atomic E-state index is 0.000898. The number of amides is 1. The molecule has 20 heteroatoms. The fraction of sp³-hybridized carbons (Fsp3) is 0.436. The molecule has 5 aliphatic rings. The van der Waals surface area contributed by atoms with Crippen molar-refractivity contribution in [3.05, 3.63) is 124 Å². The first-order valence-electron chi connectivity index (χ1n) is 25.9. The molecule has 75 heavy (non-hydrogen) atoms. The van der Waals surface area contributed by atoms with Gasteiger partial charge in [0.2, 0.25) is 6.79 Å². The minimum Gasteiger partial charge on any atom is -0.497 e. The Morgan fingerprint density at radius 2 is 1.72 bits per heavy atom. The number of fused-ring (bicyclic) bond motifs is 2. The number of nitrogens with one attached hydrogen (secondary N) is 3. The van der Waals surface area contributed by atoms with Gasteiger partial charge >= 0.3 is 0 Å². The van der Waals surface area contributed by atoms with Crippen molar-refractivity contribution in [3.8, 4) is 28.7 Å². The van der Waals surface area contributed by atoms with Crippen LogP contribution in [0.1, 0.15) is 91.4 Å². The van der Waals surface area contributed by atoms with E-state index in [4.69, 9.17) is 28.7 Å². The van der Waals surface area contributed by atoms with Crippen LogP contribution in [-0.2, 0) is 21.3 Å². The van der Waals surface area contributed by atoms with Gasteiger partial charge in [-0.05, 0) is 96.7 Å². The number of sulfonamides is 1. The maximum atomic E-state index is 14.3. The lowest BCUT2D eigenvalue weighted by atomic mass is 9.59. The number of carbonyl (C=O) groups excluding carboxylic acids is 1. The maximum Gasteiger partial charge on any atom is 0.297 e. The van der Waals surface area contributed by atoms with Crippen molar-refractivity contribution in [3.63, 3.8) is 0 Å². The van der Waals surface area contributed by atoms with Crippen molar-refractivity contribution in [2.45, 2.75) is 81.8 Å². The average Bonchev–Trinajstić information content (AvgIpc) is 4.11. The molecule has 3 N–H and O–H groups in total. The van der Waals surface area contributed by atoms with Gasteiger partial charge in [0.05, 0.1) is 18.2 Å². The van der Waals surface area contributed by atoms with Crippen molar-refractivity contribution < 1.29 is 41.8 Å². The highest BCUT2D eigenvalue weighted by atomic mass is 32.2. The summed E-state index contributed by atoms with van der Waals surface area (Å²) in [7, 11) is -3.12. The van der Waals surface area contributed by atoms with Gasteiger partial charge in [0.25, 0.3) is 21.6 Å². The number of H-pyrrole nitrogens is 1. The zero-order valence-corrected chi connectivity index (χ0v) is 43.3. The number of aromatic amines is 1. The van der Waals surface area contributed by atoms with Gasteiger partial charge in [0.1, 0.15) is 39.2 Å². The van der Waals surface area contributed by atoms with E-state index in [1.165, 1.54) is 29.1 Å². The van der Waals surface area contributed by atoms with Crippen molar-refractivity contribution in [1.29, 1.82) is 0 Å². The summed E-state index contributed by atoms with van der Waals surface area (Å²) in [5.74, 6) is 0.960. The number of benzene rings is 3. The van der Waals surface area contributed by atoms with Gasteiger partial charge < -0.3 is 38.9 Å². The average molecular weight is 1040 g/mol. The molecule has 6 aromatic rings. The normalized spacial score (nSPS) is 19.3. The molecule has 3 aromatic heterocycles. The summed E-state index contributed by atoms with van der Waals surface area (Å²) in [4.78, 5) is 45.2. The first-order chi connectivity index (χ1) is 36.3. The maximum absolute atomic E-state index is 14.3. The second-order valence-corrected chi connectivity index (χ2v) is 22.5. The van der Waals surface area contributed by atoms with Crippen LogP contribution in [0.3, 0.4) is 0 Å². The van der Waals surface area contributed by atoms with Crippen LogP contribution in [-0.4, -0.2) is 116 Å². The Hall–Kier alpha value is -7.00. The Kier molecular flexibility index (Phi) is 14.0. The van der Waals surface area contributed by atoms with E-state index < -0.39 is 31.4 Å². The highest BCUT2D eigenvalue weighted by molar-refractivity contribution is 7.90. The molecule has 0 radical (unpaired) electrons. The van der Waals surface area contributed by atoms with E-state index in [1.807, 2.05) is 18.2 Å². The van der Waals surface area contributed by atoms with Gasteiger partial charge in [-0.25, -0.2) is 23.1 Å². The molecule has 1 amide bonds. The highest BCUT2D eigenvalue weighted by Crippen LogP contribution is 2.54. The summed E-state index contributed by atoms with van der Waals surface area (Å²) < 4.78 is 59.0. The van der Waals surface area contributed by atoms with E-state index >= 15 is 0 Å². The van der Waals surface area contributed by atoms with E-state index in [9.17, 15) is 23.3 Å². The summed E-state index contributed by atoms with van der Waals surface area (Å²) in [6.45, 7) is 11.0. The van der Waals surface area contributed by atoms with Gasteiger partial charge in [-0.2, -0.15) is 0 Å². The number of piperazine rings is 1. The van der Waals surface area contributed by atoms with Crippen LogP contribution in [0.4, 0.5) is 17.2 Å².